The van der Waals surface area contributed by atoms with Crippen LogP contribution in [0, 0.1) is 0 Å². The molecule has 7 heteroatoms. The van der Waals surface area contributed by atoms with Crippen molar-refractivity contribution in [1.29, 1.82) is 0 Å². The van der Waals surface area contributed by atoms with Gasteiger partial charge in [-0.3, -0.25) is 0 Å². The minimum atomic E-state index is -2.65. The van der Waals surface area contributed by atoms with E-state index in [0.717, 1.165) is 0 Å². The number of aliphatic hydroxyl groups is 2. The highest BCUT2D eigenvalue weighted by molar-refractivity contribution is 6.47. The lowest BCUT2D eigenvalue weighted by atomic mass is 10.5. The van der Waals surface area contributed by atoms with E-state index in [1.807, 2.05) is 0 Å². The van der Waals surface area contributed by atoms with Crippen LogP contribution >= 0.6 is 23.2 Å². The molecule has 0 aromatic carbocycles. The number of carbonyl (C=O) groups is 1. The normalized spacial score (nSPS) is 22.6. The molecular formula is C3H2Cl2O5. The molecule has 0 aromatic heterocycles. The van der Waals surface area contributed by atoms with E-state index in [-0.39, 0.29) is 0 Å². The first-order valence-corrected chi connectivity index (χ1v) is 2.85. The topological polar surface area (TPSA) is 76.0 Å². The minimum absolute atomic E-state index is 1.15. The Morgan fingerprint density at radius 1 is 1.50 bits per heavy atom. The van der Waals surface area contributed by atoms with Gasteiger partial charge in [0.05, 0.1) is 0 Å². The molecule has 0 saturated carbocycles. The van der Waals surface area contributed by atoms with Gasteiger partial charge in [-0.05, 0) is 0 Å². The van der Waals surface area contributed by atoms with Crippen molar-refractivity contribution in [2.45, 2.75) is 10.5 Å². The van der Waals surface area contributed by atoms with Gasteiger partial charge in [0.25, 0.3) is 0 Å². The van der Waals surface area contributed by atoms with Crippen molar-refractivity contribution in [3.8, 4) is 0 Å². The van der Waals surface area contributed by atoms with Crippen LogP contribution in [0.3, 0.4) is 0 Å². The van der Waals surface area contributed by atoms with Crippen LogP contribution in [0.15, 0.2) is 0 Å². The van der Waals surface area contributed by atoms with Crippen LogP contribution in [0.25, 0.3) is 0 Å². The average Bonchev–Trinajstić information content (AvgIpc) is 1.58. The van der Waals surface area contributed by atoms with Crippen molar-refractivity contribution < 1.29 is 24.5 Å². The second-order valence-corrected chi connectivity index (χ2v) is 2.86. The number of carbonyl (C=O) groups excluding carboxylic acids is 1. The van der Waals surface area contributed by atoms with Gasteiger partial charge in [0.2, 0.25) is 0 Å². The van der Waals surface area contributed by atoms with Crippen molar-refractivity contribution in [3.05, 3.63) is 0 Å². The molecule has 58 valence electrons. The summed E-state index contributed by atoms with van der Waals surface area (Å²) in [6.45, 7) is 0. The summed E-state index contributed by atoms with van der Waals surface area (Å²) in [6.07, 6.45) is -1.15. The maximum absolute atomic E-state index is 9.93. The first-order valence-electron chi connectivity index (χ1n) is 2.10. The fraction of sp³-hybridized carbons (Fsp3) is 0.667. The van der Waals surface area contributed by atoms with Gasteiger partial charge in [-0.15, -0.1) is 0 Å². The van der Waals surface area contributed by atoms with E-state index in [1.54, 1.807) is 0 Å². The Hall–Kier alpha value is -0.230. The Balaban J connectivity index is 2.65. The van der Waals surface area contributed by atoms with Gasteiger partial charge in [0, 0.05) is 0 Å². The Bertz CT molecular complexity index is 164. The Kier molecular flexibility index (Phi) is 1.48. The molecule has 0 aliphatic carbocycles. The van der Waals surface area contributed by atoms with Gasteiger partial charge in [0.15, 0.2) is 0 Å². The number of cyclic esters (lactones) is 2. The van der Waals surface area contributed by atoms with Gasteiger partial charge < -0.3 is 19.7 Å². The molecule has 1 heterocycles. The summed E-state index contributed by atoms with van der Waals surface area (Å²) in [6, 6.07) is 0. The fourth-order valence-corrected chi connectivity index (χ4v) is 0.511. The summed E-state index contributed by atoms with van der Waals surface area (Å²) in [7, 11) is 0. The maximum Gasteiger partial charge on any atom is 0.518 e. The highest BCUT2D eigenvalue weighted by atomic mass is 35.5. The monoisotopic (exact) mass is 188 g/mol. The second kappa shape index (κ2) is 1.88. The largest absolute Gasteiger partial charge is 0.518 e. The number of alkyl halides is 2. The molecule has 10 heavy (non-hydrogen) atoms. The zero-order valence-electron chi connectivity index (χ0n) is 4.38. The molecule has 2 N–H and O–H groups in total. The van der Waals surface area contributed by atoms with E-state index in [0.29, 0.717) is 0 Å². The van der Waals surface area contributed by atoms with Crippen LogP contribution in [-0.2, 0) is 9.47 Å². The lowest BCUT2D eigenvalue weighted by Crippen LogP contribution is -2.61. The highest BCUT2D eigenvalue weighted by Gasteiger charge is 2.63. The summed E-state index contributed by atoms with van der Waals surface area (Å²) >= 11 is 9.82. The third kappa shape index (κ3) is 1.01. The lowest BCUT2D eigenvalue weighted by molar-refractivity contribution is -0.414. The number of hydrogen-bond donors (Lipinski definition) is 2. The molecule has 0 unspecified atom stereocenters. The summed E-state index contributed by atoms with van der Waals surface area (Å²) < 4.78 is 5.09. The van der Waals surface area contributed by atoms with Crippen LogP contribution in [0.2, 0.25) is 0 Å². The van der Waals surface area contributed by atoms with Crippen LogP contribution in [0.4, 0.5) is 4.79 Å². The Morgan fingerprint density at radius 3 is 2.00 bits per heavy atom. The Morgan fingerprint density at radius 2 is 1.90 bits per heavy atom. The van der Waals surface area contributed by atoms with Gasteiger partial charge in [-0.25, -0.2) is 4.79 Å². The van der Waals surface area contributed by atoms with Crippen LogP contribution in [0.5, 0.6) is 0 Å². The fourth-order valence-electron chi connectivity index (χ4n) is 0.356. The van der Waals surface area contributed by atoms with Crippen molar-refractivity contribution in [1.82, 2.24) is 0 Å². The molecule has 1 rings (SSSR count). The zero-order chi connectivity index (χ0) is 7.99. The molecule has 0 amide bonds. The van der Waals surface area contributed by atoms with Crippen molar-refractivity contribution in [2.75, 3.05) is 0 Å². The van der Waals surface area contributed by atoms with Crippen LogP contribution in [-0.4, -0.2) is 26.9 Å². The predicted octanol–water partition coefficient (Wildman–Crippen LogP) is -0.0770. The molecule has 0 spiro atoms. The molecule has 0 aromatic rings. The Labute approximate surface area is 65.0 Å². The van der Waals surface area contributed by atoms with Crippen LogP contribution in [0.1, 0.15) is 0 Å². The molecular weight excluding hydrogens is 187 g/mol. The van der Waals surface area contributed by atoms with Gasteiger partial charge in [-0.1, -0.05) is 23.2 Å². The molecule has 1 fully saturated rings. The maximum atomic E-state index is 9.93. The molecule has 1 saturated heterocycles. The van der Waals surface area contributed by atoms with Crippen molar-refractivity contribution in [3.63, 3.8) is 0 Å². The van der Waals surface area contributed by atoms with E-state index in [9.17, 15) is 4.79 Å². The van der Waals surface area contributed by atoms with Gasteiger partial charge >= 0.3 is 16.6 Å². The zero-order valence-corrected chi connectivity index (χ0v) is 5.89. The smallest absolute Gasteiger partial charge is 0.361 e. The first-order chi connectivity index (χ1) is 4.35. The summed E-state index contributed by atoms with van der Waals surface area (Å²) in [5.41, 5.74) is 0. The standard InChI is InChI=1S/C3H2Cl2O5/c4-2(5,7)3(8)9-1(6)10-3/h7-8H. The van der Waals surface area contributed by atoms with Gasteiger partial charge in [-0.2, -0.15) is 0 Å². The van der Waals surface area contributed by atoms with Crippen LogP contribution < -0.4 is 0 Å². The highest BCUT2D eigenvalue weighted by Crippen LogP contribution is 2.39. The molecule has 0 radical (unpaired) electrons. The second-order valence-electron chi connectivity index (χ2n) is 1.58. The molecule has 0 atom stereocenters. The summed E-state index contributed by atoms with van der Waals surface area (Å²) in [5, 5.41) is 17.3. The minimum Gasteiger partial charge on any atom is -0.361 e. The average molecular weight is 189 g/mol. The van der Waals surface area contributed by atoms with Crippen molar-refractivity contribution >= 4 is 29.4 Å². The van der Waals surface area contributed by atoms with E-state index in [4.69, 9.17) is 33.4 Å². The number of rotatable bonds is 1. The van der Waals surface area contributed by atoms with Gasteiger partial charge in [0.1, 0.15) is 0 Å². The quantitative estimate of drug-likeness (QED) is 0.445. The van der Waals surface area contributed by atoms with E-state index in [2.05, 4.69) is 9.47 Å². The predicted molar refractivity (Wildman–Crippen MR) is 29.2 cm³/mol. The number of halogens is 2. The van der Waals surface area contributed by atoms with E-state index < -0.39 is 16.6 Å². The third-order valence-electron chi connectivity index (χ3n) is 0.823. The first kappa shape index (κ1) is 7.87. The lowest BCUT2D eigenvalue weighted by Gasteiger charge is -2.37. The molecule has 1 aliphatic heterocycles. The van der Waals surface area contributed by atoms with E-state index in [1.165, 1.54) is 0 Å². The summed E-state index contributed by atoms with van der Waals surface area (Å²) in [4.78, 5) is 9.93. The van der Waals surface area contributed by atoms with E-state index >= 15 is 0 Å². The molecule has 0 bridgehead atoms. The molecule has 5 nitrogen and oxygen atoms in total. The SMILES string of the molecule is O=C1OC(O)(C(O)(Cl)Cl)O1. The molecule has 1 aliphatic rings. The summed E-state index contributed by atoms with van der Waals surface area (Å²) in [5.74, 6) is -2.63. The number of ether oxygens (including phenoxy) is 2. The van der Waals surface area contributed by atoms with Crippen molar-refractivity contribution in [2.24, 2.45) is 0 Å². The number of hydrogen-bond acceptors (Lipinski definition) is 5. The third-order valence-corrected chi connectivity index (χ3v) is 1.30.